The van der Waals surface area contributed by atoms with Crippen LogP contribution in [-0.4, -0.2) is 34.8 Å². The highest BCUT2D eigenvalue weighted by atomic mass is 16.2. The van der Waals surface area contributed by atoms with E-state index in [9.17, 15) is 9.59 Å². The summed E-state index contributed by atoms with van der Waals surface area (Å²) in [6.45, 7) is 11.5. The van der Waals surface area contributed by atoms with E-state index in [2.05, 4.69) is 45.7 Å². The zero-order valence-electron chi connectivity index (χ0n) is 23.1. The molecule has 5 rings (SSSR count). The van der Waals surface area contributed by atoms with Crippen LogP contribution in [0.2, 0.25) is 0 Å². The maximum atomic E-state index is 13.0. The fourth-order valence-electron chi connectivity index (χ4n) is 5.74. The number of carbonyl (C=O) groups is 1. The maximum Gasteiger partial charge on any atom is 0.330 e. The minimum absolute atomic E-state index is 0.0105. The fourth-order valence-corrected chi connectivity index (χ4v) is 5.74. The largest absolute Gasteiger partial charge is 0.364 e. The molecule has 1 amide bonds. The first-order valence-electron chi connectivity index (χ1n) is 13.2. The molecular formula is C29H37N7O2. The van der Waals surface area contributed by atoms with Gasteiger partial charge in [-0.2, -0.15) is 5.10 Å². The molecule has 200 valence electrons. The van der Waals surface area contributed by atoms with Crippen LogP contribution < -0.4 is 11.4 Å². The minimum atomic E-state index is -0.549. The summed E-state index contributed by atoms with van der Waals surface area (Å²) in [5.41, 5.74) is 10.0. The number of hydrogen-bond acceptors (Lipinski definition) is 5. The smallest absolute Gasteiger partial charge is 0.330 e. The molecule has 0 saturated heterocycles. The predicted octanol–water partition coefficient (Wildman–Crippen LogP) is 4.67. The Bertz CT molecular complexity index is 1550. The summed E-state index contributed by atoms with van der Waals surface area (Å²) in [6.07, 6.45) is 6.25. The molecule has 2 unspecified atom stereocenters. The third kappa shape index (κ3) is 4.66. The second-order valence-corrected chi connectivity index (χ2v) is 12.5. The Balaban J connectivity index is 1.55. The van der Waals surface area contributed by atoms with Crippen LogP contribution in [0.4, 0.5) is 0 Å². The first-order valence-corrected chi connectivity index (χ1v) is 13.2. The summed E-state index contributed by atoms with van der Waals surface area (Å²) < 4.78 is 5.45. The molecule has 38 heavy (non-hydrogen) atoms. The summed E-state index contributed by atoms with van der Waals surface area (Å²) in [5.74, 6) is -0.367. The molecular weight excluding hydrogens is 478 g/mol. The van der Waals surface area contributed by atoms with Gasteiger partial charge in [0.1, 0.15) is 0 Å². The highest BCUT2D eigenvalue weighted by Crippen LogP contribution is 2.50. The molecule has 4 aromatic rings. The number of pyridine rings is 2. The number of primary amides is 1. The van der Waals surface area contributed by atoms with Crippen molar-refractivity contribution in [1.29, 1.82) is 0 Å². The van der Waals surface area contributed by atoms with Crippen LogP contribution in [0.3, 0.4) is 0 Å². The van der Waals surface area contributed by atoms with Crippen LogP contribution in [0.15, 0.2) is 47.5 Å². The van der Waals surface area contributed by atoms with Gasteiger partial charge in [-0.1, -0.05) is 34.6 Å². The molecule has 2 atom stereocenters. The predicted molar refractivity (Wildman–Crippen MR) is 148 cm³/mol. The quantitative estimate of drug-likeness (QED) is 0.415. The molecule has 0 spiro atoms. The Kier molecular flexibility index (Phi) is 6.28. The van der Waals surface area contributed by atoms with E-state index in [0.717, 1.165) is 41.7 Å². The van der Waals surface area contributed by atoms with Crippen molar-refractivity contribution in [2.24, 2.45) is 23.6 Å². The van der Waals surface area contributed by atoms with Crippen LogP contribution in [0.5, 0.6) is 0 Å². The van der Waals surface area contributed by atoms with Crippen molar-refractivity contribution < 1.29 is 4.79 Å². The van der Waals surface area contributed by atoms with Crippen LogP contribution in [0, 0.1) is 10.8 Å². The first kappa shape index (κ1) is 25.9. The number of aromatic nitrogens is 6. The molecule has 9 heteroatoms. The second kappa shape index (κ2) is 9.22. The molecule has 1 fully saturated rings. The van der Waals surface area contributed by atoms with Crippen molar-refractivity contribution in [1.82, 2.24) is 28.9 Å². The normalized spacial score (nSPS) is 19.6. The minimum Gasteiger partial charge on any atom is -0.364 e. The van der Waals surface area contributed by atoms with Crippen LogP contribution >= 0.6 is 0 Å². The van der Waals surface area contributed by atoms with Gasteiger partial charge in [-0.25, -0.2) is 9.78 Å². The topological polar surface area (TPSA) is 114 Å². The van der Waals surface area contributed by atoms with Gasteiger partial charge in [0, 0.05) is 43.2 Å². The van der Waals surface area contributed by atoms with E-state index in [4.69, 9.17) is 15.8 Å². The molecule has 1 aliphatic rings. The Hall–Kier alpha value is -3.75. The van der Waals surface area contributed by atoms with Gasteiger partial charge in [0.25, 0.3) is 5.91 Å². The molecule has 4 aromatic heterocycles. The fraction of sp³-hybridized carbons (Fsp3) is 0.483. The van der Waals surface area contributed by atoms with Crippen LogP contribution in [0.25, 0.3) is 22.4 Å². The number of hydrogen-bond donors (Lipinski definition) is 1. The summed E-state index contributed by atoms with van der Waals surface area (Å²) >= 11 is 0. The molecule has 4 heterocycles. The maximum absolute atomic E-state index is 13.0. The van der Waals surface area contributed by atoms with Gasteiger partial charge in [0.15, 0.2) is 11.3 Å². The lowest BCUT2D eigenvalue weighted by atomic mass is 9.68. The molecule has 2 N–H and O–H groups in total. The number of imidazole rings is 1. The monoisotopic (exact) mass is 515 g/mol. The van der Waals surface area contributed by atoms with Crippen molar-refractivity contribution in [3.05, 3.63) is 64.6 Å². The summed E-state index contributed by atoms with van der Waals surface area (Å²) in [4.78, 5) is 34.4. The Morgan fingerprint density at radius 2 is 1.97 bits per heavy atom. The van der Waals surface area contributed by atoms with Crippen molar-refractivity contribution in [3.63, 3.8) is 0 Å². The number of amides is 1. The molecule has 0 aliphatic heterocycles. The standard InChI is InChI=1S/C29H37N7O2/c1-28(2,3)17-35-22-10-9-20(32-26(22)34(6)27(35)38)18-11-12-29(4,5)24(14-18)36-23(15-21(33-36)25(30)37)19-8-7-13-31-16-19/h7-10,13,15-16,18,24H,11-12,14,17H2,1-6H3,(H2,30,37). The van der Waals surface area contributed by atoms with Gasteiger partial charge < -0.3 is 5.73 Å². The van der Waals surface area contributed by atoms with E-state index < -0.39 is 5.91 Å². The number of fused-ring (bicyclic) bond motifs is 1. The van der Waals surface area contributed by atoms with E-state index in [1.165, 1.54) is 0 Å². The molecule has 9 nitrogen and oxygen atoms in total. The van der Waals surface area contributed by atoms with Gasteiger partial charge in [-0.15, -0.1) is 0 Å². The van der Waals surface area contributed by atoms with Crippen molar-refractivity contribution in [3.8, 4) is 11.3 Å². The van der Waals surface area contributed by atoms with E-state index in [-0.39, 0.29) is 34.2 Å². The van der Waals surface area contributed by atoms with Gasteiger partial charge >= 0.3 is 5.69 Å². The van der Waals surface area contributed by atoms with Crippen molar-refractivity contribution in [2.75, 3.05) is 0 Å². The summed E-state index contributed by atoms with van der Waals surface area (Å²) in [6, 6.07) is 9.73. The summed E-state index contributed by atoms with van der Waals surface area (Å²) in [7, 11) is 1.79. The number of rotatable bonds is 5. The molecule has 0 bridgehead atoms. The Labute approximate surface area is 222 Å². The van der Waals surface area contributed by atoms with Crippen molar-refractivity contribution in [2.45, 2.75) is 72.4 Å². The number of aryl methyl sites for hydroxylation is 1. The van der Waals surface area contributed by atoms with Gasteiger partial charge in [0.2, 0.25) is 0 Å². The number of carbonyl (C=O) groups excluding carboxylic acids is 1. The van der Waals surface area contributed by atoms with Crippen molar-refractivity contribution >= 4 is 17.1 Å². The zero-order valence-corrected chi connectivity index (χ0v) is 23.1. The lowest BCUT2D eigenvalue weighted by Crippen LogP contribution is -2.34. The Morgan fingerprint density at radius 1 is 1.21 bits per heavy atom. The molecule has 1 aliphatic carbocycles. The highest BCUT2D eigenvalue weighted by molar-refractivity contribution is 5.92. The third-order valence-electron chi connectivity index (χ3n) is 7.84. The van der Waals surface area contributed by atoms with E-state index >= 15 is 0 Å². The average Bonchev–Trinajstić information content (AvgIpc) is 3.40. The number of nitrogens with two attached hydrogens (primary N) is 1. The zero-order chi connectivity index (χ0) is 27.4. The lowest BCUT2D eigenvalue weighted by Gasteiger charge is -2.42. The number of nitrogens with zero attached hydrogens (tertiary/aromatic N) is 6. The van der Waals surface area contributed by atoms with E-state index in [1.54, 1.807) is 30.1 Å². The highest BCUT2D eigenvalue weighted by Gasteiger charge is 2.40. The molecule has 0 radical (unpaired) electrons. The van der Waals surface area contributed by atoms with E-state index in [1.807, 2.05) is 27.4 Å². The Morgan fingerprint density at radius 3 is 2.63 bits per heavy atom. The van der Waals surface area contributed by atoms with Crippen LogP contribution in [0.1, 0.15) is 82.0 Å². The summed E-state index contributed by atoms with van der Waals surface area (Å²) in [5, 5.41) is 4.69. The molecule has 0 aromatic carbocycles. The SMILES string of the molecule is Cn1c(=O)n(CC(C)(C)C)c2ccc(C3CCC(C)(C)C(n4nc(C(N)=O)cc4-c4cccnc4)C3)nc21. The van der Waals surface area contributed by atoms with E-state index in [0.29, 0.717) is 12.2 Å². The lowest BCUT2D eigenvalue weighted by molar-refractivity contribution is 0.0984. The third-order valence-corrected chi connectivity index (χ3v) is 7.84. The van der Waals surface area contributed by atoms with Gasteiger partial charge in [-0.3, -0.25) is 23.6 Å². The van der Waals surface area contributed by atoms with Crippen LogP contribution in [-0.2, 0) is 13.6 Å². The van der Waals surface area contributed by atoms with Gasteiger partial charge in [-0.05, 0) is 60.4 Å². The van der Waals surface area contributed by atoms with Gasteiger partial charge in [0.05, 0.1) is 17.3 Å². The first-order chi connectivity index (χ1) is 17.9. The second-order valence-electron chi connectivity index (χ2n) is 12.5. The average molecular weight is 516 g/mol. The molecule has 1 saturated carbocycles.